The van der Waals surface area contributed by atoms with Crippen LogP contribution in [0.2, 0.25) is 0 Å². The molecule has 0 N–H and O–H groups in total. The van der Waals surface area contributed by atoms with Crippen LogP contribution in [-0.4, -0.2) is 63.1 Å². The van der Waals surface area contributed by atoms with Crippen molar-refractivity contribution in [3.63, 3.8) is 0 Å². The van der Waals surface area contributed by atoms with Crippen LogP contribution >= 0.6 is 0 Å². The maximum Gasteiger partial charge on any atom is 0.415 e. The molecule has 8 nitrogen and oxygen atoms in total. The molecule has 0 spiro atoms. The minimum Gasteiger partial charge on any atom is -0.490 e. The normalized spacial score (nSPS) is 17.4. The Morgan fingerprint density at radius 3 is 2.31 bits per heavy atom. The Hall–Kier alpha value is -2.78. The molecule has 9 heteroatoms. The van der Waals surface area contributed by atoms with E-state index < -0.39 is 16.1 Å². The average Bonchev–Trinajstić information content (AvgIpc) is 2.99. The second-order valence-corrected chi connectivity index (χ2v) is 8.67. The third kappa shape index (κ3) is 4.30. The Morgan fingerprint density at radius 2 is 1.59 bits per heavy atom. The molecule has 2 aromatic rings. The number of fused-ring (bicyclic) bond motifs is 1. The number of carbonyl (C=O) groups is 1. The number of rotatable bonds is 3. The SMILES string of the molecule is O=C(Oc1ccccc1)N1CCN(S(=O)(=O)c2ccc3c(c2)OCCCO3)CC1. The van der Waals surface area contributed by atoms with Crippen molar-refractivity contribution in [1.29, 1.82) is 0 Å². The highest BCUT2D eigenvalue weighted by molar-refractivity contribution is 7.89. The minimum atomic E-state index is -3.70. The molecule has 1 fully saturated rings. The van der Waals surface area contributed by atoms with E-state index in [1.807, 2.05) is 6.07 Å². The van der Waals surface area contributed by atoms with E-state index in [1.54, 1.807) is 30.3 Å². The van der Waals surface area contributed by atoms with Crippen LogP contribution in [0.25, 0.3) is 0 Å². The zero-order valence-electron chi connectivity index (χ0n) is 15.8. The number of ether oxygens (including phenoxy) is 3. The van der Waals surface area contributed by atoms with Crippen LogP contribution in [0.4, 0.5) is 4.79 Å². The summed E-state index contributed by atoms with van der Waals surface area (Å²) >= 11 is 0. The number of para-hydroxylation sites is 1. The van der Waals surface area contributed by atoms with Gasteiger partial charge in [-0.05, 0) is 24.3 Å². The van der Waals surface area contributed by atoms with Gasteiger partial charge in [-0.2, -0.15) is 4.31 Å². The Bertz CT molecular complexity index is 972. The van der Waals surface area contributed by atoms with Crippen LogP contribution in [0.5, 0.6) is 17.2 Å². The van der Waals surface area contributed by atoms with E-state index in [0.29, 0.717) is 30.5 Å². The van der Waals surface area contributed by atoms with Gasteiger partial charge in [0, 0.05) is 38.7 Å². The van der Waals surface area contributed by atoms with Crippen LogP contribution in [0.15, 0.2) is 53.4 Å². The van der Waals surface area contributed by atoms with Crippen molar-refractivity contribution in [3.8, 4) is 17.2 Å². The fourth-order valence-corrected chi connectivity index (χ4v) is 4.66. The zero-order valence-corrected chi connectivity index (χ0v) is 16.6. The van der Waals surface area contributed by atoms with Gasteiger partial charge < -0.3 is 19.1 Å². The van der Waals surface area contributed by atoms with Gasteiger partial charge in [0.15, 0.2) is 11.5 Å². The molecular weight excluding hydrogens is 396 g/mol. The highest BCUT2D eigenvalue weighted by Gasteiger charge is 2.31. The quantitative estimate of drug-likeness (QED) is 0.761. The third-order valence-electron chi connectivity index (χ3n) is 4.80. The van der Waals surface area contributed by atoms with E-state index in [9.17, 15) is 13.2 Å². The standard InChI is InChI=1S/C20H22N2O6S/c23-20(28-16-5-2-1-3-6-16)21-9-11-22(12-10-21)29(24,25)17-7-8-18-19(15-17)27-14-4-13-26-18/h1-3,5-8,15H,4,9-14H2. The van der Waals surface area contributed by atoms with Gasteiger partial charge in [0.25, 0.3) is 0 Å². The van der Waals surface area contributed by atoms with Crippen molar-refractivity contribution in [2.75, 3.05) is 39.4 Å². The first kappa shape index (κ1) is 19.5. The first-order valence-corrected chi connectivity index (χ1v) is 10.9. The molecule has 2 heterocycles. The molecule has 29 heavy (non-hydrogen) atoms. The van der Waals surface area contributed by atoms with Crippen molar-refractivity contribution in [2.24, 2.45) is 0 Å². The number of hydrogen-bond acceptors (Lipinski definition) is 6. The molecule has 4 rings (SSSR count). The van der Waals surface area contributed by atoms with E-state index in [0.717, 1.165) is 6.42 Å². The number of benzene rings is 2. The predicted molar refractivity (Wildman–Crippen MR) is 105 cm³/mol. The molecule has 2 aliphatic rings. The molecule has 0 saturated carbocycles. The van der Waals surface area contributed by atoms with E-state index >= 15 is 0 Å². The highest BCUT2D eigenvalue weighted by Crippen LogP contribution is 2.33. The van der Waals surface area contributed by atoms with E-state index in [-0.39, 0.29) is 31.1 Å². The molecular formula is C20H22N2O6S. The Balaban J connectivity index is 1.41. The lowest BCUT2D eigenvalue weighted by Gasteiger charge is -2.33. The number of piperazine rings is 1. The number of amides is 1. The van der Waals surface area contributed by atoms with Crippen LogP contribution in [0.1, 0.15) is 6.42 Å². The molecule has 154 valence electrons. The Labute approximate surface area is 169 Å². The van der Waals surface area contributed by atoms with Crippen LogP contribution in [-0.2, 0) is 10.0 Å². The molecule has 0 unspecified atom stereocenters. The lowest BCUT2D eigenvalue weighted by molar-refractivity contribution is 0.132. The second kappa shape index (κ2) is 8.30. The molecule has 0 radical (unpaired) electrons. The maximum atomic E-state index is 13.0. The number of sulfonamides is 1. The van der Waals surface area contributed by atoms with Gasteiger partial charge in [0.1, 0.15) is 5.75 Å². The third-order valence-corrected chi connectivity index (χ3v) is 6.70. The molecule has 0 aliphatic carbocycles. The van der Waals surface area contributed by atoms with Crippen LogP contribution in [0, 0.1) is 0 Å². The molecule has 0 aromatic heterocycles. The topological polar surface area (TPSA) is 85.4 Å². The van der Waals surface area contributed by atoms with Crippen molar-refractivity contribution >= 4 is 16.1 Å². The molecule has 2 aromatic carbocycles. The summed E-state index contributed by atoms with van der Waals surface area (Å²) in [5.74, 6) is 1.45. The lowest BCUT2D eigenvalue weighted by atomic mass is 10.3. The molecule has 0 bridgehead atoms. The van der Waals surface area contributed by atoms with Gasteiger partial charge in [-0.15, -0.1) is 0 Å². The summed E-state index contributed by atoms with van der Waals surface area (Å²) in [6.45, 7) is 1.94. The fraction of sp³-hybridized carbons (Fsp3) is 0.350. The van der Waals surface area contributed by atoms with Crippen molar-refractivity contribution in [2.45, 2.75) is 11.3 Å². The smallest absolute Gasteiger partial charge is 0.415 e. The zero-order chi connectivity index (χ0) is 20.3. The van der Waals surface area contributed by atoms with Gasteiger partial charge in [-0.1, -0.05) is 18.2 Å². The molecule has 1 saturated heterocycles. The average molecular weight is 418 g/mol. The predicted octanol–water partition coefficient (Wildman–Crippen LogP) is 2.35. The first-order valence-electron chi connectivity index (χ1n) is 9.46. The number of carbonyl (C=O) groups excluding carboxylic acids is 1. The van der Waals surface area contributed by atoms with Gasteiger partial charge in [0.2, 0.25) is 10.0 Å². The number of nitrogens with zero attached hydrogens (tertiary/aromatic N) is 2. The number of hydrogen-bond donors (Lipinski definition) is 0. The van der Waals surface area contributed by atoms with Gasteiger partial charge in [0.05, 0.1) is 18.1 Å². The van der Waals surface area contributed by atoms with E-state index in [2.05, 4.69) is 0 Å². The molecule has 0 atom stereocenters. The van der Waals surface area contributed by atoms with E-state index in [4.69, 9.17) is 14.2 Å². The summed E-state index contributed by atoms with van der Waals surface area (Å²) in [6.07, 6.45) is 0.265. The summed E-state index contributed by atoms with van der Waals surface area (Å²) in [6, 6.07) is 13.4. The molecule has 2 aliphatic heterocycles. The minimum absolute atomic E-state index is 0.155. The summed E-state index contributed by atoms with van der Waals surface area (Å²) in [7, 11) is -3.70. The maximum absolute atomic E-state index is 13.0. The Morgan fingerprint density at radius 1 is 0.897 bits per heavy atom. The Kier molecular flexibility index (Phi) is 5.59. The summed E-state index contributed by atoms with van der Waals surface area (Å²) < 4.78 is 43.9. The van der Waals surface area contributed by atoms with Crippen molar-refractivity contribution in [3.05, 3.63) is 48.5 Å². The summed E-state index contributed by atoms with van der Waals surface area (Å²) in [4.78, 5) is 14.0. The van der Waals surface area contributed by atoms with Gasteiger partial charge in [-0.3, -0.25) is 0 Å². The highest BCUT2D eigenvalue weighted by atomic mass is 32.2. The van der Waals surface area contributed by atoms with Crippen molar-refractivity contribution < 1.29 is 27.4 Å². The van der Waals surface area contributed by atoms with E-state index in [1.165, 1.54) is 21.3 Å². The van der Waals surface area contributed by atoms with Gasteiger partial charge >= 0.3 is 6.09 Å². The van der Waals surface area contributed by atoms with Gasteiger partial charge in [-0.25, -0.2) is 13.2 Å². The summed E-state index contributed by atoms with van der Waals surface area (Å²) in [5, 5.41) is 0. The fourth-order valence-electron chi connectivity index (χ4n) is 3.22. The first-order chi connectivity index (χ1) is 14.0. The summed E-state index contributed by atoms with van der Waals surface area (Å²) in [5.41, 5.74) is 0. The van der Waals surface area contributed by atoms with Crippen LogP contribution in [0.3, 0.4) is 0 Å². The second-order valence-electron chi connectivity index (χ2n) is 6.73. The largest absolute Gasteiger partial charge is 0.490 e. The lowest BCUT2D eigenvalue weighted by Crippen LogP contribution is -2.51. The van der Waals surface area contributed by atoms with Crippen molar-refractivity contribution in [1.82, 2.24) is 9.21 Å². The van der Waals surface area contributed by atoms with Crippen LogP contribution < -0.4 is 14.2 Å². The molecule has 1 amide bonds. The monoisotopic (exact) mass is 418 g/mol.